The Balaban J connectivity index is 2.29. The van der Waals surface area contributed by atoms with Gasteiger partial charge in [-0.25, -0.2) is 9.97 Å². The minimum Gasteiger partial charge on any atom is -0.399 e. The summed E-state index contributed by atoms with van der Waals surface area (Å²) in [6.45, 7) is 1.97. The average Bonchev–Trinajstić information content (AvgIpc) is 2.66. The van der Waals surface area contributed by atoms with Crippen LogP contribution in [0, 0.1) is 6.92 Å². The second-order valence-corrected chi connectivity index (χ2v) is 3.93. The molecule has 1 aromatic carbocycles. The molecule has 0 saturated carbocycles. The first kappa shape index (κ1) is 9.84. The van der Waals surface area contributed by atoms with E-state index in [1.165, 1.54) is 0 Å². The number of aromatic nitrogens is 3. The normalized spacial score (nSPS) is 10.9. The van der Waals surface area contributed by atoms with Crippen molar-refractivity contribution in [2.45, 2.75) is 6.92 Å². The molecule has 0 amide bonds. The molecule has 4 nitrogen and oxygen atoms in total. The molecule has 0 aliphatic carbocycles. The van der Waals surface area contributed by atoms with Crippen LogP contribution in [0.5, 0.6) is 0 Å². The zero-order valence-electron chi connectivity index (χ0n) is 9.46. The van der Waals surface area contributed by atoms with Crippen LogP contribution in [-0.2, 0) is 0 Å². The molecule has 0 aliphatic heterocycles. The van der Waals surface area contributed by atoms with Gasteiger partial charge < -0.3 is 5.73 Å². The van der Waals surface area contributed by atoms with Crippen LogP contribution in [0.4, 0.5) is 5.69 Å². The maximum Gasteiger partial charge on any atom is 0.164 e. The average molecular weight is 224 g/mol. The maximum atomic E-state index is 5.69. The van der Waals surface area contributed by atoms with Crippen molar-refractivity contribution in [3.05, 3.63) is 48.4 Å². The topological polar surface area (TPSA) is 56.7 Å². The van der Waals surface area contributed by atoms with Crippen LogP contribution in [0.2, 0.25) is 0 Å². The highest BCUT2D eigenvalue weighted by atomic mass is 15.1. The second kappa shape index (κ2) is 3.59. The number of nitrogens with zero attached hydrogens (tertiary/aromatic N) is 3. The van der Waals surface area contributed by atoms with Gasteiger partial charge in [0.1, 0.15) is 11.3 Å². The van der Waals surface area contributed by atoms with E-state index in [0.29, 0.717) is 0 Å². The molecule has 3 aromatic rings. The fourth-order valence-electron chi connectivity index (χ4n) is 1.96. The summed E-state index contributed by atoms with van der Waals surface area (Å²) in [6.07, 6.45) is 1.78. The summed E-state index contributed by atoms with van der Waals surface area (Å²) in [5, 5.41) is 0. The van der Waals surface area contributed by atoms with E-state index in [-0.39, 0.29) is 0 Å². The molecule has 84 valence electrons. The summed E-state index contributed by atoms with van der Waals surface area (Å²) in [5.41, 5.74) is 9.24. The molecule has 3 rings (SSSR count). The molecule has 0 unspecified atom stereocenters. The van der Waals surface area contributed by atoms with Gasteiger partial charge in [-0.1, -0.05) is 0 Å². The van der Waals surface area contributed by atoms with Crippen molar-refractivity contribution >= 4 is 16.9 Å². The number of aryl methyl sites for hydroxylation is 1. The molecule has 2 N–H and O–H groups in total. The van der Waals surface area contributed by atoms with E-state index in [4.69, 9.17) is 5.73 Å². The Bertz CT molecular complexity index is 667. The number of hydrogen-bond donors (Lipinski definition) is 1. The summed E-state index contributed by atoms with van der Waals surface area (Å²) in [4.78, 5) is 8.85. The monoisotopic (exact) mass is 224 g/mol. The summed E-state index contributed by atoms with van der Waals surface area (Å²) < 4.78 is 2.02. The smallest absolute Gasteiger partial charge is 0.164 e. The molecule has 0 bridgehead atoms. The molecular weight excluding hydrogens is 212 g/mol. The number of benzene rings is 1. The van der Waals surface area contributed by atoms with Crippen molar-refractivity contribution in [1.29, 1.82) is 0 Å². The number of nitrogen functional groups attached to an aromatic ring is 1. The second-order valence-electron chi connectivity index (χ2n) is 3.93. The number of nitrogens with two attached hydrogens (primary N) is 1. The zero-order valence-corrected chi connectivity index (χ0v) is 9.46. The first-order chi connectivity index (χ1) is 8.25. The van der Waals surface area contributed by atoms with E-state index in [1.54, 1.807) is 6.20 Å². The van der Waals surface area contributed by atoms with Gasteiger partial charge >= 0.3 is 0 Å². The van der Waals surface area contributed by atoms with Gasteiger partial charge in [-0.05, 0) is 43.3 Å². The lowest BCUT2D eigenvalue weighted by molar-refractivity contribution is 0.987. The minimum absolute atomic E-state index is 0.754. The van der Waals surface area contributed by atoms with Gasteiger partial charge in [-0.3, -0.25) is 4.57 Å². The number of pyridine rings is 1. The maximum absolute atomic E-state index is 5.69. The lowest BCUT2D eigenvalue weighted by Crippen LogP contribution is -1.98. The fourth-order valence-corrected chi connectivity index (χ4v) is 1.96. The highest BCUT2D eigenvalue weighted by molar-refractivity contribution is 5.73. The van der Waals surface area contributed by atoms with Gasteiger partial charge in [-0.15, -0.1) is 0 Å². The molecule has 17 heavy (non-hydrogen) atoms. The molecule has 0 radical (unpaired) electrons. The van der Waals surface area contributed by atoms with Gasteiger partial charge in [0.2, 0.25) is 0 Å². The minimum atomic E-state index is 0.754. The number of imidazole rings is 1. The standard InChI is InChI=1S/C13H12N4/c1-9-16-12-3-2-8-15-13(12)17(9)11-6-4-10(14)5-7-11/h2-8H,14H2,1H3. The van der Waals surface area contributed by atoms with Crippen LogP contribution in [0.25, 0.3) is 16.9 Å². The molecule has 0 aliphatic rings. The van der Waals surface area contributed by atoms with Crippen LogP contribution in [-0.4, -0.2) is 14.5 Å². The summed E-state index contributed by atoms with van der Waals surface area (Å²) in [6, 6.07) is 11.6. The SMILES string of the molecule is Cc1nc2cccnc2n1-c1ccc(N)cc1. The van der Waals surface area contributed by atoms with E-state index in [0.717, 1.165) is 28.4 Å². The molecular formula is C13H12N4. The molecule has 4 heteroatoms. The third-order valence-electron chi connectivity index (χ3n) is 2.74. The fraction of sp³-hybridized carbons (Fsp3) is 0.0769. The quantitative estimate of drug-likeness (QED) is 0.645. The van der Waals surface area contributed by atoms with Crippen molar-refractivity contribution < 1.29 is 0 Å². The number of anilines is 1. The van der Waals surface area contributed by atoms with E-state index in [1.807, 2.05) is 47.9 Å². The Morgan fingerprint density at radius 3 is 2.65 bits per heavy atom. The molecule has 2 aromatic heterocycles. The van der Waals surface area contributed by atoms with Gasteiger partial charge in [0.05, 0.1) is 0 Å². The molecule has 0 atom stereocenters. The summed E-state index contributed by atoms with van der Waals surface area (Å²) >= 11 is 0. The lowest BCUT2D eigenvalue weighted by Gasteiger charge is -2.06. The van der Waals surface area contributed by atoms with Crippen molar-refractivity contribution in [2.75, 3.05) is 5.73 Å². The Morgan fingerprint density at radius 2 is 1.88 bits per heavy atom. The van der Waals surface area contributed by atoms with E-state index in [2.05, 4.69) is 9.97 Å². The van der Waals surface area contributed by atoms with Crippen molar-refractivity contribution in [1.82, 2.24) is 14.5 Å². The summed E-state index contributed by atoms with van der Waals surface area (Å²) in [7, 11) is 0. The Hall–Kier alpha value is -2.36. The predicted molar refractivity (Wildman–Crippen MR) is 68.0 cm³/mol. The first-order valence-electron chi connectivity index (χ1n) is 5.42. The van der Waals surface area contributed by atoms with E-state index >= 15 is 0 Å². The van der Waals surface area contributed by atoms with Crippen LogP contribution < -0.4 is 5.73 Å². The molecule has 2 heterocycles. The van der Waals surface area contributed by atoms with Gasteiger partial charge in [0.25, 0.3) is 0 Å². The van der Waals surface area contributed by atoms with Gasteiger partial charge in [0.15, 0.2) is 5.65 Å². The van der Waals surface area contributed by atoms with E-state index in [9.17, 15) is 0 Å². The van der Waals surface area contributed by atoms with Crippen LogP contribution in [0.15, 0.2) is 42.6 Å². The third-order valence-corrected chi connectivity index (χ3v) is 2.74. The number of hydrogen-bond acceptors (Lipinski definition) is 3. The van der Waals surface area contributed by atoms with Gasteiger partial charge in [-0.2, -0.15) is 0 Å². The highest BCUT2D eigenvalue weighted by Gasteiger charge is 2.09. The van der Waals surface area contributed by atoms with Crippen LogP contribution >= 0.6 is 0 Å². The van der Waals surface area contributed by atoms with Crippen molar-refractivity contribution in [3.63, 3.8) is 0 Å². The highest BCUT2D eigenvalue weighted by Crippen LogP contribution is 2.19. The Kier molecular flexibility index (Phi) is 2.08. The Labute approximate surface area is 98.7 Å². The molecule has 0 fully saturated rings. The van der Waals surface area contributed by atoms with Gasteiger partial charge in [0, 0.05) is 17.6 Å². The van der Waals surface area contributed by atoms with Crippen molar-refractivity contribution in [2.24, 2.45) is 0 Å². The van der Waals surface area contributed by atoms with E-state index < -0.39 is 0 Å². The number of fused-ring (bicyclic) bond motifs is 1. The largest absolute Gasteiger partial charge is 0.399 e. The van der Waals surface area contributed by atoms with Crippen molar-refractivity contribution in [3.8, 4) is 5.69 Å². The predicted octanol–water partition coefficient (Wildman–Crippen LogP) is 2.31. The Morgan fingerprint density at radius 1 is 1.12 bits per heavy atom. The first-order valence-corrected chi connectivity index (χ1v) is 5.42. The van der Waals surface area contributed by atoms with Crippen LogP contribution in [0.3, 0.4) is 0 Å². The third kappa shape index (κ3) is 1.54. The zero-order chi connectivity index (χ0) is 11.8. The number of rotatable bonds is 1. The molecule has 0 spiro atoms. The summed E-state index contributed by atoms with van der Waals surface area (Å²) in [5.74, 6) is 0.920. The molecule has 0 saturated heterocycles. The lowest BCUT2D eigenvalue weighted by atomic mass is 10.3. The van der Waals surface area contributed by atoms with Crippen LogP contribution in [0.1, 0.15) is 5.82 Å².